The number of carbonyl (C=O) groups is 1. The number of hydrazone groups is 1. The number of nitrogens with zero attached hydrogens (tertiary/aromatic N) is 1. The van der Waals surface area contributed by atoms with Crippen molar-refractivity contribution in [3.8, 4) is 5.75 Å². The molecule has 0 bridgehead atoms. The SMILES string of the molecule is C/C(=N\NC(=O)C(C)Oc1ccc(Cl)cc1C)c1cccc(C)c1. The summed E-state index contributed by atoms with van der Waals surface area (Å²) in [7, 11) is 0. The van der Waals surface area contributed by atoms with Gasteiger partial charge in [0, 0.05) is 5.02 Å². The third kappa shape index (κ3) is 4.83. The Morgan fingerprint density at radius 1 is 1.21 bits per heavy atom. The van der Waals surface area contributed by atoms with Crippen LogP contribution in [0.1, 0.15) is 30.5 Å². The van der Waals surface area contributed by atoms with Gasteiger partial charge in [-0.1, -0.05) is 41.4 Å². The summed E-state index contributed by atoms with van der Waals surface area (Å²) < 4.78 is 5.68. The van der Waals surface area contributed by atoms with Crippen molar-refractivity contribution in [3.05, 3.63) is 64.2 Å². The van der Waals surface area contributed by atoms with Gasteiger partial charge >= 0.3 is 0 Å². The molecule has 0 saturated carbocycles. The molecule has 0 aromatic heterocycles. The van der Waals surface area contributed by atoms with E-state index in [1.807, 2.05) is 45.0 Å². The van der Waals surface area contributed by atoms with Gasteiger partial charge < -0.3 is 4.74 Å². The quantitative estimate of drug-likeness (QED) is 0.650. The zero-order chi connectivity index (χ0) is 17.7. The molecule has 126 valence electrons. The van der Waals surface area contributed by atoms with Gasteiger partial charge in [0.25, 0.3) is 5.91 Å². The lowest BCUT2D eigenvalue weighted by Gasteiger charge is -2.15. The standard InChI is InChI=1S/C19H21ClN2O2/c1-12-6-5-7-16(10-12)14(3)21-22-19(23)15(4)24-18-9-8-17(20)11-13(18)2/h5-11,15H,1-4H3,(H,22,23)/b21-14+. The first kappa shape index (κ1) is 18.0. The minimum atomic E-state index is -0.668. The fourth-order valence-electron chi connectivity index (χ4n) is 2.15. The van der Waals surface area contributed by atoms with Crippen molar-refractivity contribution in [1.82, 2.24) is 5.43 Å². The topological polar surface area (TPSA) is 50.7 Å². The van der Waals surface area contributed by atoms with Gasteiger partial charge in [-0.3, -0.25) is 4.79 Å². The smallest absolute Gasteiger partial charge is 0.280 e. The molecular weight excluding hydrogens is 324 g/mol. The summed E-state index contributed by atoms with van der Waals surface area (Å²) in [6.07, 6.45) is -0.668. The number of rotatable bonds is 5. The van der Waals surface area contributed by atoms with Crippen molar-refractivity contribution in [2.75, 3.05) is 0 Å². The van der Waals surface area contributed by atoms with Crippen LogP contribution in [0.2, 0.25) is 5.02 Å². The second-order valence-electron chi connectivity index (χ2n) is 5.71. The Morgan fingerprint density at radius 3 is 2.62 bits per heavy atom. The number of ether oxygens (including phenoxy) is 1. The van der Waals surface area contributed by atoms with E-state index in [0.29, 0.717) is 10.8 Å². The third-order valence-corrected chi connectivity index (χ3v) is 3.81. The molecule has 2 aromatic carbocycles. The highest BCUT2D eigenvalue weighted by Crippen LogP contribution is 2.22. The molecule has 0 radical (unpaired) electrons. The summed E-state index contributed by atoms with van der Waals surface area (Å²) in [5, 5.41) is 4.79. The van der Waals surface area contributed by atoms with E-state index >= 15 is 0 Å². The maximum atomic E-state index is 12.2. The van der Waals surface area contributed by atoms with E-state index in [4.69, 9.17) is 16.3 Å². The van der Waals surface area contributed by atoms with Crippen LogP contribution in [0.15, 0.2) is 47.6 Å². The Morgan fingerprint density at radius 2 is 1.96 bits per heavy atom. The van der Waals surface area contributed by atoms with E-state index in [1.54, 1.807) is 25.1 Å². The largest absolute Gasteiger partial charge is 0.481 e. The Balaban J connectivity index is 1.99. The summed E-state index contributed by atoms with van der Waals surface area (Å²) in [6.45, 7) is 7.43. The van der Waals surface area contributed by atoms with Crippen molar-refractivity contribution in [2.45, 2.75) is 33.8 Å². The maximum absolute atomic E-state index is 12.2. The van der Waals surface area contributed by atoms with E-state index in [-0.39, 0.29) is 5.91 Å². The second-order valence-corrected chi connectivity index (χ2v) is 6.15. The van der Waals surface area contributed by atoms with E-state index in [9.17, 15) is 4.79 Å². The highest BCUT2D eigenvalue weighted by molar-refractivity contribution is 6.30. The number of hydrogen-bond donors (Lipinski definition) is 1. The first-order chi connectivity index (χ1) is 11.4. The predicted molar refractivity (Wildman–Crippen MR) is 97.8 cm³/mol. The average molecular weight is 345 g/mol. The molecule has 0 aliphatic rings. The fourth-order valence-corrected chi connectivity index (χ4v) is 2.38. The van der Waals surface area contributed by atoms with Gasteiger partial charge in [0.15, 0.2) is 6.10 Å². The van der Waals surface area contributed by atoms with Crippen molar-refractivity contribution < 1.29 is 9.53 Å². The van der Waals surface area contributed by atoms with E-state index in [1.165, 1.54) is 0 Å². The number of hydrogen-bond acceptors (Lipinski definition) is 3. The van der Waals surface area contributed by atoms with Crippen molar-refractivity contribution in [2.24, 2.45) is 5.10 Å². The van der Waals surface area contributed by atoms with E-state index < -0.39 is 6.10 Å². The Labute approximate surface area is 147 Å². The van der Waals surface area contributed by atoms with Gasteiger partial charge in [0.2, 0.25) is 0 Å². The molecule has 0 aliphatic heterocycles. The lowest BCUT2D eigenvalue weighted by molar-refractivity contribution is -0.127. The molecule has 0 aliphatic carbocycles. The molecule has 0 fully saturated rings. The zero-order valence-electron chi connectivity index (χ0n) is 14.3. The van der Waals surface area contributed by atoms with Gasteiger partial charge in [0.05, 0.1) is 5.71 Å². The Kier molecular flexibility index (Phi) is 5.99. The van der Waals surface area contributed by atoms with Crippen molar-refractivity contribution in [3.63, 3.8) is 0 Å². The number of aryl methyl sites for hydroxylation is 2. The minimum Gasteiger partial charge on any atom is -0.481 e. The normalized spacial score (nSPS) is 12.6. The molecule has 1 unspecified atom stereocenters. The van der Waals surface area contributed by atoms with Crippen LogP contribution in [-0.4, -0.2) is 17.7 Å². The monoisotopic (exact) mass is 344 g/mol. The average Bonchev–Trinajstić information content (AvgIpc) is 2.54. The lowest BCUT2D eigenvalue weighted by atomic mass is 10.1. The molecule has 2 aromatic rings. The first-order valence-electron chi connectivity index (χ1n) is 7.71. The Bertz CT molecular complexity index is 772. The van der Waals surface area contributed by atoms with Crippen LogP contribution in [-0.2, 0) is 4.79 Å². The van der Waals surface area contributed by atoms with Crippen LogP contribution >= 0.6 is 11.6 Å². The molecule has 0 spiro atoms. The van der Waals surface area contributed by atoms with E-state index in [2.05, 4.69) is 10.5 Å². The van der Waals surface area contributed by atoms with Crippen LogP contribution in [0.4, 0.5) is 0 Å². The molecule has 4 nitrogen and oxygen atoms in total. The number of carbonyl (C=O) groups excluding carboxylic acids is 1. The van der Waals surface area contributed by atoms with Gasteiger partial charge in [-0.2, -0.15) is 5.10 Å². The highest BCUT2D eigenvalue weighted by atomic mass is 35.5. The summed E-state index contributed by atoms with van der Waals surface area (Å²) in [4.78, 5) is 12.2. The molecule has 0 heterocycles. The fraction of sp³-hybridized carbons (Fsp3) is 0.263. The van der Waals surface area contributed by atoms with Crippen LogP contribution in [0, 0.1) is 13.8 Å². The van der Waals surface area contributed by atoms with Gasteiger partial charge in [-0.25, -0.2) is 5.43 Å². The molecule has 5 heteroatoms. The van der Waals surface area contributed by atoms with Crippen molar-refractivity contribution in [1.29, 1.82) is 0 Å². The first-order valence-corrected chi connectivity index (χ1v) is 8.08. The Hall–Kier alpha value is -2.33. The number of halogens is 1. The van der Waals surface area contributed by atoms with Crippen LogP contribution in [0.25, 0.3) is 0 Å². The minimum absolute atomic E-state index is 0.309. The number of benzene rings is 2. The van der Waals surface area contributed by atoms with Crippen LogP contribution in [0.3, 0.4) is 0 Å². The highest BCUT2D eigenvalue weighted by Gasteiger charge is 2.15. The van der Waals surface area contributed by atoms with Gasteiger partial charge in [-0.15, -0.1) is 0 Å². The van der Waals surface area contributed by atoms with Gasteiger partial charge in [0.1, 0.15) is 5.75 Å². The number of nitrogens with one attached hydrogen (secondary N) is 1. The molecule has 1 N–H and O–H groups in total. The molecule has 1 amide bonds. The number of amides is 1. The molecule has 1 atom stereocenters. The molecule has 24 heavy (non-hydrogen) atoms. The maximum Gasteiger partial charge on any atom is 0.280 e. The summed E-state index contributed by atoms with van der Waals surface area (Å²) >= 11 is 5.92. The summed E-state index contributed by atoms with van der Waals surface area (Å²) in [5.41, 5.74) is 6.28. The van der Waals surface area contributed by atoms with Crippen molar-refractivity contribution >= 4 is 23.2 Å². The summed E-state index contributed by atoms with van der Waals surface area (Å²) in [5.74, 6) is 0.317. The van der Waals surface area contributed by atoms with Gasteiger partial charge in [-0.05, 0) is 57.0 Å². The van der Waals surface area contributed by atoms with Crippen LogP contribution < -0.4 is 10.2 Å². The zero-order valence-corrected chi connectivity index (χ0v) is 15.0. The van der Waals surface area contributed by atoms with Crippen LogP contribution in [0.5, 0.6) is 5.75 Å². The third-order valence-electron chi connectivity index (χ3n) is 3.58. The molecular formula is C19H21ClN2O2. The second kappa shape index (κ2) is 7.97. The molecule has 2 rings (SSSR count). The summed E-state index contributed by atoms with van der Waals surface area (Å²) in [6, 6.07) is 13.2. The lowest BCUT2D eigenvalue weighted by Crippen LogP contribution is -2.34. The predicted octanol–water partition coefficient (Wildman–Crippen LogP) is 4.26. The van der Waals surface area contributed by atoms with E-state index in [0.717, 1.165) is 22.4 Å². The molecule has 0 saturated heterocycles.